The van der Waals surface area contributed by atoms with Gasteiger partial charge in [-0.1, -0.05) is 12.1 Å². The molecule has 1 aliphatic rings. The lowest BCUT2D eigenvalue weighted by Crippen LogP contribution is -2.16. The molecule has 0 radical (unpaired) electrons. The van der Waals surface area contributed by atoms with Gasteiger partial charge in [0.15, 0.2) is 4.90 Å². The maximum Gasteiger partial charge on any atom is 0.339 e. The van der Waals surface area contributed by atoms with E-state index in [0.717, 1.165) is 18.2 Å². The number of cyclic esters (lactones) is 1. The Hall–Kier alpha value is -2.65. The van der Waals surface area contributed by atoms with Crippen molar-refractivity contribution in [3.63, 3.8) is 0 Å². The van der Waals surface area contributed by atoms with Crippen LogP contribution < -0.4 is 5.14 Å². The van der Waals surface area contributed by atoms with Crippen molar-refractivity contribution >= 4 is 27.1 Å². The number of aryl methyl sites for hydroxylation is 1. The number of halogens is 3. The summed E-state index contributed by atoms with van der Waals surface area (Å²) < 4.78 is 69.5. The first-order chi connectivity index (χ1) is 12.1. The molecular formula is C17H12F3NO4S. The zero-order chi connectivity index (χ0) is 19.2. The minimum Gasteiger partial charge on any atom is -0.457 e. The number of hydrogen-bond acceptors (Lipinski definition) is 4. The monoisotopic (exact) mass is 383 g/mol. The molecule has 0 spiro atoms. The fourth-order valence-corrected chi connectivity index (χ4v) is 3.34. The predicted octanol–water partition coefficient (Wildman–Crippen LogP) is 2.53. The second-order valence-electron chi connectivity index (χ2n) is 5.71. The fraction of sp³-hybridized carbons (Fsp3) is 0.118. The van der Waals surface area contributed by atoms with E-state index in [1.807, 2.05) is 0 Å². The number of carbonyl (C=O) groups is 1. The Labute approximate surface area is 146 Å². The van der Waals surface area contributed by atoms with Crippen LogP contribution in [0.5, 0.6) is 0 Å². The maximum atomic E-state index is 14.1. The number of carbonyl (C=O) groups excluding carboxylic acids is 1. The van der Waals surface area contributed by atoms with E-state index in [1.165, 1.54) is 19.1 Å². The minimum absolute atomic E-state index is 0.0499. The molecule has 136 valence electrons. The van der Waals surface area contributed by atoms with Gasteiger partial charge in [-0.05, 0) is 41.8 Å². The van der Waals surface area contributed by atoms with Crippen molar-refractivity contribution in [3.05, 3.63) is 64.5 Å². The van der Waals surface area contributed by atoms with Gasteiger partial charge in [0.1, 0.15) is 24.1 Å². The molecular weight excluding hydrogens is 371 g/mol. The van der Waals surface area contributed by atoms with Gasteiger partial charge in [-0.15, -0.1) is 0 Å². The van der Waals surface area contributed by atoms with Gasteiger partial charge in [0, 0.05) is 5.57 Å². The molecule has 0 amide bonds. The lowest BCUT2D eigenvalue weighted by Gasteiger charge is -2.09. The standard InChI is InChI=1S/C17H12F3NO4S/c1-8-2-3-9(4-12(8)18)15-11(7-25-17(15)22)10-5-13(19)16(14(20)6-10)26(21,23)24/h2-6H,7H2,1H3,(H2,21,23,24). The van der Waals surface area contributed by atoms with Crippen molar-refractivity contribution < 1.29 is 31.1 Å². The van der Waals surface area contributed by atoms with Gasteiger partial charge in [0.2, 0.25) is 10.0 Å². The predicted molar refractivity (Wildman–Crippen MR) is 86.6 cm³/mol. The molecule has 1 heterocycles. The third kappa shape index (κ3) is 3.11. The van der Waals surface area contributed by atoms with E-state index in [4.69, 9.17) is 9.88 Å². The Balaban J connectivity index is 2.22. The van der Waals surface area contributed by atoms with Gasteiger partial charge < -0.3 is 4.74 Å². The van der Waals surface area contributed by atoms with E-state index in [9.17, 15) is 26.4 Å². The van der Waals surface area contributed by atoms with Gasteiger partial charge >= 0.3 is 5.97 Å². The molecule has 2 aromatic carbocycles. The molecule has 26 heavy (non-hydrogen) atoms. The molecule has 5 nitrogen and oxygen atoms in total. The molecule has 2 N–H and O–H groups in total. The summed E-state index contributed by atoms with van der Waals surface area (Å²) in [5.41, 5.74) is 0.496. The number of ether oxygens (including phenoxy) is 1. The molecule has 0 bridgehead atoms. The molecule has 9 heteroatoms. The average Bonchev–Trinajstić information content (AvgIpc) is 2.89. The topological polar surface area (TPSA) is 86.5 Å². The number of hydrogen-bond donors (Lipinski definition) is 1. The van der Waals surface area contributed by atoms with Gasteiger partial charge in [0.25, 0.3) is 0 Å². The average molecular weight is 383 g/mol. The summed E-state index contributed by atoms with van der Waals surface area (Å²) in [7, 11) is -4.61. The molecule has 0 aromatic heterocycles. The SMILES string of the molecule is Cc1ccc(C2=C(c3cc(F)c(S(N)(=O)=O)c(F)c3)COC2=O)cc1F. The Morgan fingerprint density at radius 1 is 1.00 bits per heavy atom. The normalized spacial score (nSPS) is 14.7. The summed E-state index contributed by atoms with van der Waals surface area (Å²) in [6.07, 6.45) is 0. The number of rotatable bonds is 3. The molecule has 0 atom stereocenters. The summed E-state index contributed by atoms with van der Waals surface area (Å²) in [4.78, 5) is 10.8. The van der Waals surface area contributed by atoms with Crippen molar-refractivity contribution in [2.75, 3.05) is 6.61 Å². The highest BCUT2D eigenvalue weighted by Crippen LogP contribution is 2.35. The third-order valence-corrected chi connectivity index (χ3v) is 4.90. The first-order valence-corrected chi connectivity index (χ1v) is 8.83. The molecule has 0 saturated heterocycles. The second kappa shape index (κ2) is 6.26. The van der Waals surface area contributed by atoms with E-state index < -0.39 is 38.3 Å². The highest BCUT2D eigenvalue weighted by atomic mass is 32.2. The first kappa shape index (κ1) is 18.2. The van der Waals surface area contributed by atoms with Gasteiger partial charge in [0.05, 0.1) is 5.57 Å². The van der Waals surface area contributed by atoms with Crippen LogP contribution in [0.3, 0.4) is 0 Å². The van der Waals surface area contributed by atoms with E-state index in [1.54, 1.807) is 0 Å². The van der Waals surface area contributed by atoms with Crippen molar-refractivity contribution in [2.24, 2.45) is 5.14 Å². The zero-order valence-electron chi connectivity index (χ0n) is 13.3. The molecule has 2 aromatic rings. The van der Waals surface area contributed by atoms with Gasteiger partial charge in [-0.2, -0.15) is 0 Å². The van der Waals surface area contributed by atoms with Crippen molar-refractivity contribution in [1.29, 1.82) is 0 Å². The molecule has 0 saturated carbocycles. The number of sulfonamides is 1. The lowest BCUT2D eigenvalue weighted by atomic mass is 9.96. The summed E-state index contributed by atoms with van der Waals surface area (Å²) in [5, 5.41) is 4.79. The van der Waals surface area contributed by atoms with Crippen LogP contribution in [0, 0.1) is 24.4 Å². The Morgan fingerprint density at radius 3 is 2.12 bits per heavy atom. The van der Waals surface area contributed by atoms with E-state index in [0.29, 0.717) is 5.56 Å². The van der Waals surface area contributed by atoms with Crippen LogP contribution in [0.2, 0.25) is 0 Å². The van der Waals surface area contributed by atoms with Crippen molar-refractivity contribution in [2.45, 2.75) is 11.8 Å². The van der Waals surface area contributed by atoms with Crippen LogP contribution in [0.1, 0.15) is 16.7 Å². The van der Waals surface area contributed by atoms with Crippen LogP contribution in [-0.2, 0) is 19.6 Å². The zero-order valence-corrected chi connectivity index (χ0v) is 14.2. The highest BCUT2D eigenvalue weighted by Gasteiger charge is 2.30. The van der Waals surface area contributed by atoms with E-state index in [-0.39, 0.29) is 28.9 Å². The third-order valence-electron chi connectivity index (χ3n) is 3.95. The van der Waals surface area contributed by atoms with Crippen LogP contribution in [0.15, 0.2) is 35.2 Å². The Bertz CT molecular complexity index is 1050. The van der Waals surface area contributed by atoms with Crippen molar-refractivity contribution in [1.82, 2.24) is 0 Å². The first-order valence-electron chi connectivity index (χ1n) is 7.28. The highest BCUT2D eigenvalue weighted by molar-refractivity contribution is 7.89. The molecule has 0 aliphatic carbocycles. The van der Waals surface area contributed by atoms with Gasteiger partial charge in [-0.3, -0.25) is 0 Å². The van der Waals surface area contributed by atoms with Gasteiger partial charge in [-0.25, -0.2) is 31.5 Å². The van der Waals surface area contributed by atoms with E-state index in [2.05, 4.69) is 0 Å². The maximum absolute atomic E-state index is 14.1. The molecule has 3 rings (SSSR count). The summed E-state index contributed by atoms with van der Waals surface area (Å²) in [6.45, 7) is 1.25. The molecule has 0 unspecified atom stereocenters. The smallest absolute Gasteiger partial charge is 0.339 e. The number of nitrogens with two attached hydrogens (primary N) is 1. The summed E-state index contributed by atoms with van der Waals surface area (Å²) in [6, 6.07) is 5.52. The lowest BCUT2D eigenvalue weighted by molar-refractivity contribution is -0.133. The minimum atomic E-state index is -4.61. The van der Waals surface area contributed by atoms with Crippen LogP contribution in [0.4, 0.5) is 13.2 Å². The fourth-order valence-electron chi connectivity index (χ4n) is 2.68. The summed E-state index contributed by atoms with van der Waals surface area (Å²) >= 11 is 0. The van der Waals surface area contributed by atoms with Crippen LogP contribution >= 0.6 is 0 Å². The quantitative estimate of drug-likeness (QED) is 0.826. The van der Waals surface area contributed by atoms with Crippen LogP contribution in [-0.4, -0.2) is 21.0 Å². The summed E-state index contributed by atoms with van der Waals surface area (Å²) in [5.74, 6) is -4.14. The van der Waals surface area contributed by atoms with Crippen molar-refractivity contribution in [3.8, 4) is 0 Å². The van der Waals surface area contributed by atoms with Crippen LogP contribution in [0.25, 0.3) is 11.1 Å². The van der Waals surface area contributed by atoms with E-state index >= 15 is 0 Å². The molecule has 0 fully saturated rings. The number of benzene rings is 2. The Morgan fingerprint density at radius 2 is 1.58 bits per heavy atom. The number of esters is 1. The number of primary sulfonamides is 1. The second-order valence-corrected chi connectivity index (χ2v) is 7.21. The largest absolute Gasteiger partial charge is 0.457 e. The molecule has 1 aliphatic heterocycles. The Kier molecular flexibility index (Phi) is 4.37.